The maximum absolute atomic E-state index is 13.1. The third-order valence-corrected chi connectivity index (χ3v) is 4.08. The average molecular weight is 378 g/mol. The Morgan fingerprint density at radius 1 is 1.00 bits per heavy atom. The van der Waals surface area contributed by atoms with Crippen LogP contribution < -0.4 is 10.6 Å². The highest BCUT2D eigenvalue weighted by molar-refractivity contribution is 6.05. The van der Waals surface area contributed by atoms with E-state index >= 15 is 0 Å². The summed E-state index contributed by atoms with van der Waals surface area (Å²) in [6.07, 6.45) is 2.93. The number of furan rings is 1. The Bertz CT molecular complexity index is 965. The highest BCUT2D eigenvalue weighted by Crippen LogP contribution is 2.14. The first-order valence-electron chi connectivity index (χ1n) is 8.71. The van der Waals surface area contributed by atoms with Gasteiger partial charge >= 0.3 is 0 Å². The van der Waals surface area contributed by atoms with Gasteiger partial charge in [-0.2, -0.15) is 0 Å². The molecule has 1 atom stereocenters. The minimum Gasteiger partial charge on any atom is -0.465 e. The van der Waals surface area contributed by atoms with Crippen LogP contribution in [-0.2, 0) is 4.79 Å². The van der Waals surface area contributed by atoms with Crippen LogP contribution in [0.15, 0.2) is 83.1 Å². The molecule has 2 aromatic carbocycles. The first-order chi connectivity index (χ1) is 13.5. The van der Waals surface area contributed by atoms with E-state index in [9.17, 15) is 14.0 Å². The van der Waals surface area contributed by atoms with Gasteiger partial charge in [-0.3, -0.25) is 9.59 Å². The van der Waals surface area contributed by atoms with Crippen molar-refractivity contribution in [1.82, 2.24) is 10.6 Å². The topological polar surface area (TPSA) is 71.3 Å². The Balaban J connectivity index is 1.79. The van der Waals surface area contributed by atoms with Crippen LogP contribution >= 0.6 is 0 Å². The molecule has 3 aromatic rings. The molecule has 0 spiro atoms. The molecule has 0 aliphatic heterocycles. The number of hydrogen-bond donors (Lipinski definition) is 2. The van der Waals surface area contributed by atoms with Crippen molar-refractivity contribution in [2.24, 2.45) is 0 Å². The molecule has 5 nitrogen and oxygen atoms in total. The van der Waals surface area contributed by atoms with Crippen molar-refractivity contribution in [3.05, 3.63) is 101 Å². The van der Waals surface area contributed by atoms with E-state index in [1.807, 2.05) is 0 Å². The van der Waals surface area contributed by atoms with Crippen LogP contribution in [0.25, 0.3) is 6.08 Å². The van der Waals surface area contributed by atoms with E-state index in [-0.39, 0.29) is 17.6 Å². The minimum atomic E-state index is -0.488. The Hall–Kier alpha value is -3.67. The first-order valence-corrected chi connectivity index (χ1v) is 8.71. The number of hydrogen-bond acceptors (Lipinski definition) is 3. The van der Waals surface area contributed by atoms with Gasteiger partial charge in [-0.05, 0) is 48.9 Å². The summed E-state index contributed by atoms with van der Waals surface area (Å²) in [5, 5.41) is 5.43. The lowest BCUT2D eigenvalue weighted by atomic mass is 10.1. The maximum atomic E-state index is 13.1. The van der Waals surface area contributed by atoms with Gasteiger partial charge in [0.25, 0.3) is 11.8 Å². The van der Waals surface area contributed by atoms with Gasteiger partial charge in [-0.25, -0.2) is 4.39 Å². The van der Waals surface area contributed by atoms with Crippen LogP contribution in [0, 0.1) is 5.82 Å². The first kappa shape index (κ1) is 19.1. The average Bonchev–Trinajstić information content (AvgIpc) is 3.21. The molecule has 0 saturated carbocycles. The van der Waals surface area contributed by atoms with Gasteiger partial charge in [0.2, 0.25) is 0 Å². The minimum absolute atomic E-state index is 0.0396. The second-order valence-corrected chi connectivity index (χ2v) is 6.14. The van der Waals surface area contributed by atoms with Gasteiger partial charge in [0, 0.05) is 11.6 Å². The molecule has 0 fully saturated rings. The number of carbonyl (C=O) groups is 2. The SMILES string of the molecule is C[C@H](NC(=O)/C(=C/c1ccco1)NC(=O)c1ccccc1)c1ccc(F)cc1. The molecule has 1 aromatic heterocycles. The predicted molar refractivity (Wildman–Crippen MR) is 104 cm³/mol. The lowest BCUT2D eigenvalue weighted by molar-refractivity contribution is -0.118. The van der Waals surface area contributed by atoms with E-state index in [2.05, 4.69) is 10.6 Å². The molecule has 2 N–H and O–H groups in total. The molecule has 0 aliphatic rings. The molecule has 6 heteroatoms. The van der Waals surface area contributed by atoms with Gasteiger partial charge in [-0.15, -0.1) is 0 Å². The summed E-state index contributed by atoms with van der Waals surface area (Å²) in [6.45, 7) is 1.77. The van der Waals surface area contributed by atoms with Crippen molar-refractivity contribution in [3.63, 3.8) is 0 Å². The fraction of sp³-hybridized carbons (Fsp3) is 0.0909. The zero-order valence-electron chi connectivity index (χ0n) is 15.2. The quantitative estimate of drug-likeness (QED) is 0.635. The van der Waals surface area contributed by atoms with Crippen LogP contribution in [0.5, 0.6) is 0 Å². The van der Waals surface area contributed by atoms with E-state index in [0.717, 1.165) is 5.56 Å². The highest BCUT2D eigenvalue weighted by atomic mass is 19.1. The van der Waals surface area contributed by atoms with Gasteiger partial charge in [0.1, 0.15) is 17.3 Å². The molecule has 1 heterocycles. The van der Waals surface area contributed by atoms with Gasteiger partial charge in [0.15, 0.2) is 0 Å². The molecular weight excluding hydrogens is 359 g/mol. The van der Waals surface area contributed by atoms with E-state index in [4.69, 9.17) is 4.42 Å². The summed E-state index contributed by atoms with van der Waals surface area (Å²) in [6, 6.07) is 17.4. The number of rotatable bonds is 6. The summed E-state index contributed by atoms with van der Waals surface area (Å²) in [5.74, 6) is -0.829. The lowest BCUT2D eigenvalue weighted by Gasteiger charge is -2.16. The summed E-state index contributed by atoms with van der Waals surface area (Å²) < 4.78 is 18.4. The molecule has 0 saturated heterocycles. The van der Waals surface area contributed by atoms with Crippen LogP contribution in [0.3, 0.4) is 0 Å². The second kappa shape index (κ2) is 8.81. The Kier molecular flexibility index (Phi) is 6.01. The predicted octanol–water partition coefficient (Wildman–Crippen LogP) is 4.07. The molecule has 3 rings (SSSR count). The van der Waals surface area contributed by atoms with Crippen molar-refractivity contribution in [3.8, 4) is 0 Å². The van der Waals surface area contributed by atoms with Crippen molar-refractivity contribution >= 4 is 17.9 Å². The lowest BCUT2D eigenvalue weighted by Crippen LogP contribution is -2.36. The van der Waals surface area contributed by atoms with Crippen molar-refractivity contribution in [2.45, 2.75) is 13.0 Å². The van der Waals surface area contributed by atoms with E-state index in [0.29, 0.717) is 11.3 Å². The Morgan fingerprint density at radius 2 is 1.71 bits per heavy atom. The van der Waals surface area contributed by atoms with Gasteiger partial charge < -0.3 is 15.1 Å². The standard InChI is InChI=1S/C22H19FN2O3/c1-15(16-9-11-18(23)12-10-16)24-22(27)20(14-19-8-5-13-28-19)25-21(26)17-6-3-2-4-7-17/h2-15H,1H3,(H,24,27)(H,25,26)/b20-14-/t15-/m0/s1. The monoisotopic (exact) mass is 378 g/mol. The van der Waals surface area contributed by atoms with Crippen LogP contribution in [-0.4, -0.2) is 11.8 Å². The van der Waals surface area contributed by atoms with Crippen molar-refractivity contribution in [2.75, 3.05) is 0 Å². The summed E-state index contributed by atoms with van der Waals surface area (Å²) in [5.41, 5.74) is 1.20. The van der Waals surface area contributed by atoms with Crippen molar-refractivity contribution < 1.29 is 18.4 Å². The van der Waals surface area contributed by atoms with E-state index < -0.39 is 11.8 Å². The third kappa shape index (κ3) is 4.94. The molecule has 2 amide bonds. The molecule has 142 valence electrons. The number of halogens is 1. The summed E-state index contributed by atoms with van der Waals surface area (Å²) >= 11 is 0. The number of carbonyl (C=O) groups excluding carboxylic acids is 2. The van der Waals surface area contributed by atoms with Crippen LogP contribution in [0.4, 0.5) is 4.39 Å². The van der Waals surface area contributed by atoms with Gasteiger partial charge in [0.05, 0.1) is 12.3 Å². The fourth-order valence-electron chi connectivity index (χ4n) is 2.57. The number of nitrogens with one attached hydrogen (secondary N) is 2. The maximum Gasteiger partial charge on any atom is 0.268 e. The molecule has 28 heavy (non-hydrogen) atoms. The zero-order chi connectivity index (χ0) is 19.9. The molecular formula is C22H19FN2O3. The number of benzene rings is 2. The molecule has 0 radical (unpaired) electrons. The molecule has 0 bridgehead atoms. The number of amides is 2. The largest absolute Gasteiger partial charge is 0.465 e. The Labute approximate surface area is 161 Å². The molecule has 0 aliphatic carbocycles. The van der Waals surface area contributed by atoms with Crippen molar-refractivity contribution in [1.29, 1.82) is 0 Å². The third-order valence-electron chi connectivity index (χ3n) is 4.08. The van der Waals surface area contributed by atoms with Crippen LogP contribution in [0.2, 0.25) is 0 Å². The smallest absolute Gasteiger partial charge is 0.268 e. The summed E-state index contributed by atoms with van der Waals surface area (Å²) in [4.78, 5) is 25.3. The highest BCUT2D eigenvalue weighted by Gasteiger charge is 2.18. The summed E-state index contributed by atoms with van der Waals surface area (Å²) in [7, 11) is 0. The van der Waals surface area contributed by atoms with Gasteiger partial charge in [-0.1, -0.05) is 30.3 Å². The van der Waals surface area contributed by atoms with E-state index in [1.54, 1.807) is 61.5 Å². The normalized spacial score (nSPS) is 12.3. The zero-order valence-corrected chi connectivity index (χ0v) is 15.2. The Morgan fingerprint density at radius 3 is 2.36 bits per heavy atom. The molecule has 0 unspecified atom stereocenters. The van der Waals surface area contributed by atoms with Crippen LogP contribution in [0.1, 0.15) is 34.6 Å². The van der Waals surface area contributed by atoms with E-state index in [1.165, 1.54) is 24.5 Å². The second-order valence-electron chi connectivity index (χ2n) is 6.14. The fourth-order valence-corrected chi connectivity index (χ4v) is 2.57.